The van der Waals surface area contributed by atoms with Gasteiger partial charge in [0.05, 0.1) is 0 Å². The topological polar surface area (TPSA) is 15.3 Å². The molecule has 1 aromatic carbocycles. The number of nitrogens with zero attached hydrogens (tertiary/aromatic N) is 1. The summed E-state index contributed by atoms with van der Waals surface area (Å²) >= 11 is 0. The highest BCUT2D eigenvalue weighted by molar-refractivity contribution is 5.54. The zero-order valence-corrected chi connectivity index (χ0v) is 11.4. The Morgan fingerprint density at radius 1 is 1.17 bits per heavy atom. The van der Waals surface area contributed by atoms with Gasteiger partial charge in [-0.1, -0.05) is 31.5 Å². The lowest BCUT2D eigenvalue weighted by atomic mass is 10.1. The Morgan fingerprint density at radius 2 is 2.00 bits per heavy atom. The van der Waals surface area contributed by atoms with Crippen molar-refractivity contribution in [1.82, 2.24) is 5.32 Å². The summed E-state index contributed by atoms with van der Waals surface area (Å²) in [4.78, 5) is 2.57. The summed E-state index contributed by atoms with van der Waals surface area (Å²) in [5.41, 5.74) is 2.99. The lowest BCUT2D eigenvalue weighted by Crippen LogP contribution is -2.34. The van der Waals surface area contributed by atoms with Gasteiger partial charge in [-0.3, -0.25) is 0 Å². The molecule has 1 saturated carbocycles. The van der Waals surface area contributed by atoms with Gasteiger partial charge < -0.3 is 10.2 Å². The fourth-order valence-corrected chi connectivity index (χ4v) is 3.00. The van der Waals surface area contributed by atoms with Gasteiger partial charge in [-0.15, -0.1) is 0 Å². The van der Waals surface area contributed by atoms with Crippen molar-refractivity contribution in [3.05, 3.63) is 29.8 Å². The highest BCUT2D eigenvalue weighted by atomic mass is 15.2. The van der Waals surface area contributed by atoms with E-state index in [9.17, 15) is 0 Å². The number of rotatable bonds is 5. The average molecular weight is 244 g/mol. The van der Waals surface area contributed by atoms with Crippen LogP contribution in [0.3, 0.4) is 0 Å². The average Bonchev–Trinajstić information content (AvgIpc) is 3.07. The van der Waals surface area contributed by atoms with E-state index >= 15 is 0 Å². The number of hydrogen-bond acceptors (Lipinski definition) is 2. The van der Waals surface area contributed by atoms with Crippen LogP contribution in [-0.4, -0.2) is 25.2 Å². The molecule has 2 fully saturated rings. The Balaban J connectivity index is 1.67. The van der Waals surface area contributed by atoms with E-state index in [1.54, 1.807) is 0 Å². The van der Waals surface area contributed by atoms with Crippen LogP contribution in [0.2, 0.25) is 0 Å². The first kappa shape index (κ1) is 12.0. The zero-order chi connectivity index (χ0) is 12.4. The fraction of sp³-hybridized carbons (Fsp3) is 0.625. The fourth-order valence-electron chi connectivity index (χ4n) is 3.00. The van der Waals surface area contributed by atoms with Gasteiger partial charge in [0.15, 0.2) is 0 Å². The molecule has 0 amide bonds. The predicted octanol–water partition coefficient (Wildman–Crippen LogP) is 2.97. The standard InChI is InChI=1S/C16H24N2/c1-2-5-13-6-3-4-7-16(13)18-11-10-15(12-18)17-14-8-9-14/h3-4,6-7,14-15,17H,2,5,8-12H2,1H3. The summed E-state index contributed by atoms with van der Waals surface area (Å²) in [6, 6.07) is 10.5. The molecule has 98 valence electrons. The van der Waals surface area contributed by atoms with E-state index in [4.69, 9.17) is 0 Å². The zero-order valence-electron chi connectivity index (χ0n) is 11.4. The number of aryl methyl sites for hydroxylation is 1. The molecular weight excluding hydrogens is 220 g/mol. The van der Waals surface area contributed by atoms with Crippen molar-refractivity contribution in [2.24, 2.45) is 0 Å². The van der Waals surface area contributed by atoms with Gasteiger partial charge in [-0.25, -0.2) is 0 Å². The van der Waals surface area contributed by atoms with Gasteiger partial charge in [0.1, 0.15) is 0 Å². The summed E-state index contributed by atoms with van der Waals surface area (Å²) in [7, 11) is 0. The van der Waals surface area contributed by atoms with E-state index in [-0.39, 0.29) is 0 Å². The van der Waals surface area contributed by atoms with Crippen LogP contribution in [0.15, 0.2) is 24.3 Å². The minimum atomic E-state index is 0.715. The molecule has 1 N–H and O–H groups in total. The number of nitrogens with one attached hydrogen (secondary N) is 1. The van der Waals surface area contributed by atoms with Gasteiger partial charge in [0.25, 0.3) is 0 Å². The third-order valence-electron chi connectivity index (χ3n) is 4.09. The monoisotopic (exact) mass is 244 g/mol. The largest absolute Gasteiger partial charge is 0.370 e. The Hall–Kier alpha value is -1.02. The molecule has 1 aliphatic carbocycles. The first-order valence-corrected chi connectivity index (χ1v) is 7.45. The van der Waals surface area contributed by atoms with Crippen molar-refractivity contribution >= 4 is 5.69 Å². The van der Waals surface area contributed by atoms with Crippen molar-refractivity contribution in [1.29, 1.82) is 0 Å². The van der Waals surface area contributed by atoms with Crippen molar-refractivity contribution in [3.63, 3.8) is 0 Å². The molecule has 1 aliphatic heterocycles. The Morgan fingerprint density at radius 3 is 2.78 bits per heavy atom. The molecule has 0 bridgehead atoms. The van der Waals surface area contributed by atoms with Crippen LogP contribution >= 0.6 is 0 Å². The Labute approximate surface area is 110 Å². The first-order chi connectivity index (χ1) is 8.86. The smallest absolute Gasteiger partial charge is 0.0399 e. The molecule has 2 heteroatoms. The van der Waals surface area contributed by atoms with E-state index in [0.717, 1.165) is 6.04 Å². The normalized spacial score (nSPS) is 23.6. The second-order valence-corrected chi connectivity index (χ2v) is 5.75. The van der Waals surface area contributed by atoms with Crippen molar-refractivity contribution in [3.8, 4) is 0 Å². The highest BCUT2D eigenvalue weighted by Gasteiger charge is 2.29. The molecule has 0 aromatic heterocycles. The summed E-state index contributed by atoms with van der Waals surface area (Å²) in [6.07, 6.45) is 6.52. The molecule has 1 aromatic rings. The van der Waals surface area contributed by atoms with Crippen LogP contribution in [0.5, 0.6) is 0 Å². The van der Waals surface area contributed by atoms with Gasteiger partial charge in [-0.05, 0) is 37.3 Å². The number of para-hydroxylation sites is 1. The molecule has 2 nitrogen and oxygen atoms in total. The van der Waals surface area contributed by atoms with Crippen molar-refractivity contribution in [2.45, 2.75) is 51.1 Å². The molecule has 1 heterocycles. The quantitative estimate of drug-likeness (QED) is 0.856. The third-order valence-corrected chi connectivity index (χ3v) is 4.09. The van der Waals surface area contributed by atoms with Gasteiger partial charge in [-0.2, -0.15) is 0 Å². The number of hydrogen-bond donors (Lipinski definition) is 1. The van der Waals surface area contributed by atoms with E-state index in [1.165, 1.54) is 56.4 Å². The summed E-state index contributed by atoms with van der Waals surface area (Å²) in [5.74, 6) is 0. The molecule has 18 heavy (non-hydrogen) atoms. The Kier molecular flexibility index (Phi) is 3.55. The minimum absolute atomic E-state index is 0.715. The first-order valence-electron chi connectivity index (χ1n) is 7.45. The highest BCUT2D eigenvalue weighted by Crippen LogP contribution is 2.27. The maximum Gasteiger partial charge on any atom is 0.0399 e. The second kappa shape index (κ2) is 5.31. The molecule has 3 rings (SSSR count). The number of benzene rings is 1. The van der Waals surface area contributed by atoms with Gasteiger partial charge in [0.2, 0.25) is 0 Å². The van der Waals surface area contributed by atoms with Crippen molar-refractivity contribution < 1.29 is 0 Å². The molecule has 2 aliphatic rings. The maximum atomic E-state index is 3.76. The Bertz CT molecular complexity index is 398. The lowest BCUT2D eigenvalue weighted by Gasteiger charge is -2.22. The molecule has 0 spiro atoms. The summed E-state index contributed by atoms with van der Waals surface area (Å²) in [6.45, 7) is 4.67. The van der Waals surface area contributed by atoms with E-state index < -0.39 is 0 Å². The van der Waals surface area contributed by atoms with E-state index in [2.05, 4.69) is 41.4 Å². The summed E-state index contributed by atoms with van der Waals surface area (Å²) < 4.78 is 0. The molecule has 0 radical (unpaired) electrons. The van der Waals surface area contributed by atoms with Crippen LogP contribution in [0.1, 0.15) is 38.2 Å². The minimum Gasteiger partial charge on any atom is -0.370 e. The van der Waals surface area contributed by atoms with Crippen LogP contribution < -0.4 is 10.2 Å². The van der Waals surface area contributed by atoms with Crippen LogP contribution in [-0.2, 0) is 6.42 Å². The van der Waals surface area contributed by atoms with Gasteiger partial charge >= 0.3 is 0 Å². The SMILES string of the molecule is CCCc1ccccc1N1CCC(NC2CC2)C1. The van der Waals surface area contributed by atoms with Crippen LogP contribution in [0.25, 0.3) is 0 Å². The van der Waals surface area contributed by atoms with E-state index in [1.807, 2.05) is 0 Å². The molecule has 1 saturated heterocycles. The van der Waals surface area contributed by atoms with E-state index in [0.29, 0.717) is 6.04 Å². The second-order valence-electron chi connectivity index (χ2n) is 5.75. The maximum absolute atomic E-state index is 3.76. The third kappa shape index (κ3) is 2.69. The molecular formula is C16H24N2. The summed E-state index contributed by atoms with van der Waals surface area (Å²) in [5, 5.41) is 3.76. The molecule has 1 unspecified atom stereocenters. The van der Waals surface area contributed by atoms with Gasteiger partial charge in [0, 0.05) is 30.9 Å². The lowest BCUT2D eigenvalue weighted by molar-refractivity contribution is 0.548. The number of anilines is 1. The van der Waals surface area contributed by atoms with Crippen LogP contribution in [0, 0.1) is 0 Å². The van der Waals surface area contributed by atoms with Crippen LogP contribution in [0.4, 0.5) is 5.69 Å². The van der Waals surface area contributed by atoms with Crippen molar-refractivity contribution in [2.75, 3.05) is 18.0 Å². The predicted molar refractivity (Wildman–Crippen MR) is 77.2 cm³/mol. The molecule has 1 atom stereocenters.